The summed E-state index contributed by atoms with van der Waals surface area (Å²) >= 11 is 8.35. The van der Waals surface area contributed by atoms with E-state index in [-0.39, 0.29) is 6.04 Å². The van der Waals surface area contributed by atoms with Crippen molar-refractivity contribution in [1.29, 1.82) is 0 Å². The lowest BCUT2D eigenvalue weighted by atomic mass is 9.77. The van der Waals surface area contributed by atoms with Crippen LogP contribution in [0.15, 0.2) is 18.2 Å². The fourth-order valence-corrected chi connectivity index (χ4v) is 2.86. The van der Waals surface area contributed by atoms with Crippen LogP contribution in [0.1, 0.15) is 30.9 Å². The van der Waals surface area contributed by atoms with Gasteiger partial charge in [-0.2, -0.15) is 0 Å². The number of rotatable bonds is 3. The summed E-state index contributed by atoms with van der Waals surface area (Å²) < 4.78 is 1.23. The van der Waals surface area contributed by atoms with E-state index in [2.05, 4.69) is 28.0 Å². The van der Waals surface area contributed by atoms with Crippen LogP contribution in [0.2, 0.25) is 5.02 Å². The Bertz CT molecular complexity index is 352. The van der Waals surface area contributed by atoms with Crippen LogP contribution in [0.4, 0.5) is 0 Å². The van der Waals surface area contributed by atoms with Crippen LogP contribution >= 0.6 is 34.2 Å². The van der Waals surface area contributed by atoms with E-state index in [0.717, 1.165) is 5.02 Å². The number of nitrogens with one attached hydrogen (secondary N) is 1. The van der Waals surface area contributed by atoms with E-state index in [9.17, 15) is 0 Å². The maximum Gasteiger partial charge on any atom is 0.0499 e. The van der Waals surface area contributed by atoms with Gasteiger partial charge in [0.1, 0.15) is 0 Å². The van der Waals surface area contributed by atoms with Gasteiger partial charge in [0.25, 0.3) is 0 Å². The maximum atomic E-state index is 6.01. The third-order valence-corrected chi connectivity index (χ3v) is 4.31. The van der Waals surface area contributed by atoms with Gasteiger partial charge in [-0.25, -0.2) is 0 Å². The van der Waals surface area contributed by atoms with Crippen molar-refractivity contribution in [1.82, 2.24) is 5.43 Å². The Labute approximate surface area is 109 Å². The van der Waals surface area contributed by atoms with Crippen LogP contribution in [0.3, 0.4) is 0 Å². The fraction of sp³-hybridized carbons (Fsp3) is 0.455. The smallest absolute Gasteiger partial charge is 0.0499 e. The van der Waals surface area contributed by atoms with Crippen molar-refractivity contribution in [3.8, 4) is 0 Å². The molecule has 1 aromatic rings. The van der Waals surface area contributed by atoms with Gasteiger partial charge in [-0.05, 0) is 65.1 Å². The van der Waals surface area contributed by atoms with E-state index in [1.165, 1.54) is 28.4 Å². The molecule has 1 aliphatic rings. The lowest BCUT2D eigenvalue weighted by molar-refractivity contribution is 0.231. The number of benzene rings is 1. The molecule has 0 amide bonds. The van der Waals surface area contributed by atoms with Crippen LogP contribution < -0.4 is 11.3 Å². The molecule has 1 saturated carbocycles. The normalized spacial score (nSPS) is 18.6. The fourth-order valence-electron chi connectivity index (χ4n) is 2.01. The summed E-state index contributed by atoms with van der Waals surface area (Å²) in [5.74, 6) is 6.31. The molecule has 1 unspecified atom stereocenters. The first-order chi connectivity index (χ1) is 7.22. The molecule has 82 valence electrons. The highest BCUT2D eigenvalue weighted by atomic mass is 127. The first kappa shape index (κ1) is 11.6. The van der Waals surface area contributed by atoms with Crippen molar-refractivity contribution < 1.29 is 0 Å². The third kappa shape index (κ3) is 2.46. The standard InChI is InChI=1S/C11H14ClIN2/c12-8-4-5-10(13)9(6-8)11(15-14)7-2-1-3-7/h4-7,11,15H,1-3,14H2. The van der Waals surface area contributed by atoms with Crippen molar-refractivity contribution in [3.05, 3.63) is 32.4 Å². The molecule has 1 atom stereocenters. The topological polar surface area (TPSA) is 38.0 Å². The SMILES string of the molecule is NNC(c1cc(Cl)ccc1I)C1CCC1. The third-order valence-electron chi connectivity index (χ3n) is 3.09. The molecule has 1 fully saturated rings. The maximum absolute atomic E-state index is 6.01. The number of hydrazine groups is 1. The molecule has 3 N–H and O–H groups in total. The summed E-state index contributed by atoms with van der Waals surface area (Å²) in [6, 6.07) is 6.23. The van der Waals surface area contributed by atoms with Crippen molar-refractivity contribution >= 4 is 34.2 Å². The minimum Gasteiger partial charge on any atom is -0.271 e. The summed E-state index contributed by atoms with van der Waals surface area (Å²) in [6.07, 6.45) is 3.84. The molecule has 1 aromatic carbocycles. The molecule has 1 aliphatic carbocycles. The highest BCUT2D eigenvalue weighted by Crippen LogP contribution is 2.39. The Balaban J connectivity index is 2.28. The monoisotopic (exact) mass is 336 g/mol. The largest absolute Gasteiger partial charge is 0.271 e. The predicted octanol–water partition coefficient (Wildman–Crippen LogP) is 3.25. The second-order valence-corrected chi connectivity index (χ2v) is 5.60. The Kier molecular flexibility index (Phi) is 3.88. The molecular weight excluding hydrogens is 322 g/mol. The lowest BCUT2D eigenvalue weighted by Gasteiger charge is -2.34. The highest BCUT2D eigenvalue weighted by molar-refractivity contribution is 14.1. The zero-order valence-corrected chi connectivity index (χ0v) is 11.3. The Morgan fingerprint density at radius 2 is 2.20 bits per heavy atom. The Hall–Kier alpha value is 0.160. The Morgan fingerprint density at radius 3 is 2.73 bits per heavy atom. The second kappa shape index (κ2) is 4.99. The Morgan fingerprint density at radius 1 is 1.47 bits per heavy atom. The average molecular weight is 337 g/mol. The summed E-state index contributed by atoms with van der Waals surface area (Å²) in [4.78, 5) is 0. The molecule has 0 spiro atoms. The van der Waals surface area contributed by atoms with Crippen molar-refractivity contribution in [3.63, 3.8) is 0 Å². The molecule has 2 nitrogen and oxygen atoms in total. The van der Waals surface area contributed by atoms with Gasteiger partial charge in [-0.1, -0.05) is 18.0 Å². The first-order valence-electron chi connectivity index (χ1n) is 5.13. The van der Waals surface area contributed by atoms with E-state index in [1.54, 1.807) is 0 Å². The highest BCUT2D eigenvalue weighted by Gasteiger charge is 2.28. The first-order valence-corrected chi connectivity index (χ1v) is 6.59. The summed E-state index contributed by atoms with van der Waals surface area (Å²) in [7, 11) is 0. The van der Waals surface area contributed by atoms with Gasteiger partial charge in [0.05, 0.1) is 0 Å². The zero-order valence-electron chi connectivity index (χ0n) is 8.34. The lowest BCUT2D eigenvalue weighted by Crippen LogP contribution is -2.36. The predicted molar refractivity (Wildman–Crippen MR) is 71.6 cm³/mol. The molecule has 0 saturated heterocycles. The van der Waals surface area contributed by atoms with Crippen LogP contribution in [0.5, 0.6) is 0 Å². The zero-order chi connectivity index (χ0) is 10.8. The molecule has 0 radical (unpaired) electrons. The van der Waals surface area contributed by atoms with Crippen molar-refractivity contribution in [2.45, 2.75) is 25.3 Å². The number of hydrogen-bond acceptors (Lipinski definition) is 2. The minimum absolute atomic E-state index is 0.254. The number of hydrogen-bond donors (Lipinski definition) is 2. The summed E-state index contributed by atoms with van der Waals surface area (Å²) in [6.45, 7) is 0. The van der Waals surface area contributed by atoms with Gasteiger partial charge >= 0.3 is 0 Å². The van der Waals surface area contributed by atoms with Crippen LogP contribution in [-0.2, 0) is 0 Å². The van der Waals surface area contributed by atoms with E-state index in [1.807, 2.05) is 18.2 Å². The van der Waals surface area contributed by atoms with Crippen LogP contribution in [-0.4, -0.2) is 0 Å². The molecule has 0 heterocycles. The van der Waals surface area contributed by atoms with E-state index < -0.39 is 0 Å². The molecule has 0 aliphatic heterocycles. The molecule has 0 aromatic heterocycles. The van der Waals surface area contributed by atoms with E-state index >= 15 is 0 Å². The van der Waals surface area contributed by atoms with Gasteiger partial charge in [-0.15, -0.1) is 0 Å². The van der Waals surface area contributed by atoms with Gasteiger partial charge in [-0.3, -0.25) is 11.3 Å². The average Bonchev–Trinajstić information content (AvgIpc) is 2.15. The number of nitrogens with two attached hydrogens (primary N) is 1. The minimum atomic E-state index is 0.254. The molecular formula is C11H14ClIN2. The van der Waals surface area contributed by atoms with Crippen LogP contribution in [0, 0.1) is 9.49 Å². The van der Waals surface area contributed by atoms with Gasteiger partial charge in [0.2, 0.25) is 0 Å². The summed E-state index contributed by atoms with van der Waals surface area (Å²) in [5.41, 5.74) is 4.16. The van der Waals surface area contributed by atoms with Crippen molar-refractivity contribution in [2.24, 2.45) is 11.8 Å². The van der Waals surface area contributed by atoms with Crippen molar-refractivity contribution in [2.75, 3.05) is 0 Å². The van der Waals surface area contributed by atoms with E-state index in [4.69, 9.17) is 17.4 Å². The van der Waals surface area contributed by atoms with Crippen LogP contribution in [0.25, 0.3) is 0 Å². The van der Waals surface area contributed by atoms with Gasteiger partial charge in [0, 0.05) is 14.6 Å². The van der Waals surface area contributed by atoms with E-state index in [0.29, 0.717) is 5.92 Å². The summed E-state index contributed by atoms with van der Waals surface area (Å²) in [5, 5.41) is 0.782. The molecule has 15 heavy (non-hydrogen) atoms. The molecule has 4 heteroatoms. The quantitative estimate of drug-likeness (QED) is 0.505. The molecule has 2 rings (SSSR count). The molecule has 0 bridgehead atoms. The second-order valence-electron chi connectivity index (χ2n) is 4.00. The van der Waals surface area contributed by atoms with Gasteiger partial charge < -0.3 is 0 Å². The van der Waals surface area contributed by atoms with Gasteiger partial charge in [0.15, 0.2) is 0 Å². The number of halogens is 2.